The van der Waals surface area contributed by atoms with Crippen molar-refractivity contribution in [3.8, 4) is 0 Å². The number of hydrogen-bond acceptors (Lipinski definition) is 0. The SMILES string of the molecule is C1=Cc2ccccc2Pc2ccccc21. The minimum Gasteiger partial charge on any atom is -0.0616 e. The summed E-state index contributed by atoms with van der Waals surface area (Å²) in [6, 6.07) is 17.3. The van der Waals surface area contributed by atoms with Crippen LogP contribution in [0.15, 0.2) is 48.5 Å². The van der Waals surface area contributed by atoms with Crippen LogP contribution in [0.2, 0.25) is 0 Å². The molecule has 0 fully saturated rings. The Kier molecular flexibility index (Phi) is 2.16. The van der Waals surface area contributed by atoms with E-state index in [9.17, 15) is 0 Å². The van der Waals surface area contributed by atoms with E-state index in [4.69, 9.17) is 0 Å². The summed E-state index contributed by atoms with van der Waals surface area (Å²) >= 11 is 0. The van der Waals surface area contributed by atoms with Crippen LogP contribution in [-0.2, 0) is 0 Å². The Labute approximate surface area is 91.4 Å². The maximum Gasteiger partial charge on any atom is -0.0154 e. The van der Waals surface area contributed by atoms with Crippen molar-refractivity contribution in [2.45, 2.75) is 0 Å². The molecule has 2 aromatic rings. The Bertz CT molecular complexity index is 479. The van der Waals surface area contributed by atoms with Gasteiger partial charge >= 0.3 is 0 Å². The van der Waals surface area contributed by atoms with E-state index in [0.29, 0.717) is 0 Å². The van der Waals surface area contributed by atoms with Gasteiger partial charge in [-0.05, 0) is 21.7 Å². The van der Waals surface area contributed by atoms with Crippen molar-refractivity contribution in [3.05, 3.63) is 59.7 Å². The average molecular weight is 210 g/mol. The highest BCUT2D eigenvalue weighted by atomic mass is 31.1. The van der Waals surface area contributed by atoms with E-state index in [1.165, 1.54) is 21.7 Å². The molecule has 0 bridgehead atoms. The zero-order valence-electron chi connectivity index (χ0n) is 8.27. The molecule has 2 aromatic carbocycles. The Morgan fingerprint density at radius 3 is 1.60 bits per heavy atom. The van der Waals surface area contributed by atoms with Gasteiger partial charge in [-0.25, -0.2) is 0 Å². The monoisotopic (exact) mass is 210 g/mol. The molecule has 0 unspecified atom stereocenters. The lowest BCUT2D eigenvalue weighted by molar-refractivity contribution is 1.73. The van der Waals surface area contributed by atoms with Gasteiger partial charge in [0, 0.05) is 0 Å². The quantitative estimate of drug-likeness (QED) is 0.500. The minimum absolute atomic E-state index is 0.774. The molecule has 1 aliphatic heterocycles. The van der Waals surface area contributed by atoms with E-state index in [1.807, 2.05) is 0 Å². The molecular weight excluding hydrogens is 199 g/mol. The van der Waals surface area contributed by atoms with Crippen molar-refractivity contribution in [2.24, 2.45) is 0 Å². The first kappa shape index (κ1) is 8.88. The number of benzene rings is 2. The topological polar surface area (TPSA) is 0 Å². The van der Waals surface area contributed by atoms with E-state index in [0.717, 1.165) is 8.58 Å². The zero-order valence-corrected chi connectivity index (χ0v) is 9.27. The van der Waals surface area contributed by atoms with Crippen molar-refractivity contribution < 1.29 is 0 Å². The second-order valence-corrected chi connectivity index (χ2v) is 4.96. The number of fused-ring (bicyclic) bond motifs is 2. The van der Waals surface area contributed by atoms with Crippen molar-refractivity contribution in [1.82, 2.24) is 0 Å². The second-order valence-electron chi connectivity index (χ2n) is 3.63. The summed E-state index contributed by atoms with van der Waals surface area (Å²) in [5, 5.41) is 2.89. The van der Waals surface area contributed by atoms with Crippen LogP contribution in [0.3, 0.4) is 0 Å². The first-order valence-corrected chi connectivity index (χ1v) is 6.07. The summed E-state index contributed by atoms with van der Waals surface area (Å²) in [6.45, 7) is 0. The third-order valence-electron chi connectivity index (χ3n) is 2.63. The summed E-state index contributed by atoms with van der Waals surface area (Å²) in [5.74, 6) is 0. The maximum atomic E-state index is 2.22. The van der Waals surface area contributed by atoms with Gasteiger partial charge in [0.2, 0.25) is 0 Å². The summed E-state index contributed by atoms with van der Waals surface area (Å²) < 4.78 is 0. The van der Waals surface area contributed by atoms with Crippen LogP contribution < -0.4 is 10.6 Å². The van der Waals surface area contributed by atoms with E-state index in [2.05, 4.69) is 60.7 Å². The number of rotatable bonds is 0. The van der Waals surface area contributed by atoms with E-state index >= 15 is 0 Å². The lowest BCUT2D eigenvalue weighted by Crippen LogP contribution is -2.06. The molecule has 0 spiro atoms. The lowest BCUT2D eigenvalue weighted by Gasteiger charge is -2.05. The van der Waals surface area contributed by atoms with Crippen LogP contribution in [0.25, 0.3) is 12.2 Å². The Morgan fingerprint density at radius 1 is 0.600 bits per heavy atom. The molecule has 0 saturated carbocycles. The zero-order chi connectivity index (χ0) is 10.1. The summed E-state index contributed by atoms with van der Waals surface area (Å²) in [5.41, 5.74) is 2.71. The average Bonchev–Trinajstić information content (AvgIpc) is 2.48. The minimum atomic E-state index is 0.774. The highest BCUT2D eigenvalue weighted by molar-refractivity contribution is 7.55. The van der Waals surface area contributed by atoms with E-state index in [1.54, 1.807) is 0 Å². The molecule has 1 aliphatic rings. The maximum absolute atomic E-state index is 2.22. The largest absolute Gasteiger partial charge is 0.0616 e. The summed E-state index contributed by atoms with van der Waals surface area (Å²) in [7, 11) is 0.774. The lowest BCUT2D eigenvalue weighted by atomic mass is 10.1. The summed E-state index contributed by atoms with van der Waals surface area (Å²) in [6.07, 6.45) is 4.43. The molecule has 0 aliphatic carbocycles. The van der Waals surface area contributed by atoms with Crippen LogP contribution in [0.1, 0.15) is 11.1 Å². The van der Waals surface area contributed by atoms with Crippen molar-refractivity contribution in [1.29, 1.82) is 0 Å². The van der Waals surface area contributed by atoms with Crippen LogP contribution in [0, 0.1) is 0 Å². The Hall–Kier alpha value is -1.39. The normalized spacial score (nSPS) is 12.8. The van der Waals surface area contributed by atoms with Gasteiger partial charge in [0.15, 0.2) is 0 Å². The van der Waals surface area contributed by atoms with Gasteiger partial charge in [0.05, 0.1) is 0 Å². The van der Waals surface area contributed by atoms with Gasteiger partial charge in [-0.1, -0.05) is 69.3 Å². The standard InChI is InChI=1S/C14H11P/c1-3-7-13-11(5-1)9-10-12-6-2-4-8-14(12)15-13/h1-10,15H. The smallest absolute Gasteiger partial charge is 0.0154 e. The molecule has 0 radical (unpaired) electrons. The molecule has 0 aromatic heterocycles. The first-order valence-electron chi connectivity index (χ1n) is 5.07. The third kappa shape index (κ3) is 1.62. The molecule has 1 heterocycles. The number of hydrogen-bond donors (Lipinski definition) is 0. The molecule has 15 heavy (non-hydrogen) atoms. The van der Waals surface area contributed by atoms with Gasteiger partial charge < -0.3 is 0 Å². The Balaban J connectivity index is 2.19. The highest BCUT2D eigenvalue weighted by Crippen LogP contribution is 2.21. The van der Waals surface area contributed by atoms with Crippen LogP contribution in [-0.4, -0.2) is 0 Å². The van der Waals surface area contributed by atoms with Gasteiger partial charge in [0.1, 0.15) is 0 Å². The molecule has 3 rings (SSSR count). The molecule has 0 amide bonds. The van der Waals surface area contributed by atoms with Crippen LogP contribution in [0.5, 0.6) is 0 Å². The first-order chi connectivity index (χ1) is 7.43. The molecule has 0 atom stereocenters. The van der Waals surface area contributed by atoms with E-state index in [-0.39, 0.29) is 0 Å². The fourth-order valence-corrected chi connectivity index (χ4v) is 3.11. The predicted octanol–water partition coefficient (Wildman–Crippen LogP) is 2.80. The Morgan fingerprint density at radius 2 is 1.07 bits per heavy atom. The molecule has 0 N–H and O–H groups in total. The van der Waals surface area contributed by atoms with Gasteiger partial charge in [-0.3, -0.25) is 0 Å². The molecule has 1 heteroatoms. The molecule has 0 nitrogen and oxygen atoms in total. The van der Waals surface area contributed by atoms with Crippen LogP contribution >= 0.6 is 8.58 Å². The van der Waals surface area contributed by atoms with Crippen molar-refractivity contribution in [3.63, 3.8) is 0 Å². The van der Waals surface area contributed by atoms with E-state index < -0.39 is 0 Å². The molecule has 0 saturated heterocycles. The van der Waals surface area contributed by atoms with Gasteiger partial charge in [0.25, 0.3) is 0 Å². The fourth-order valence-electron chi connectivity index (χ4n) is 1.84. The third-order valence-corrected chi connectivity index (χ3v) is 4.08. The molecule has 72 valence electrons. The highest BCUT2D eigenvalue weighted by Gasteiger charge is 2.06. The van der Waals surface area contributed by atoms with Gasteiger partial charge in [-0.2, -0.15) is 0 Å². The molecular formula is C14H11P. The van der Waals surface area contributed by atoms with Crippen molar-refractivity contribution >= 4 is 31.3 Å². The van der Waals surface area contributed by atoms with Crippen LogP contribution in [0.4, 0.5) is 0 Å². The second kappa shape index (κ2) is 3.64. The summed E-state index contributed by atoms with van der Waals surface area (Å²) in [4.78, 5) is 0. The van der Waals surface area contributed by atoms with Gasteiger partial charge in [-0.15, -0.1) is 0 Å². The van der Waals surface area contributed by atoms with Crippen molar-refractivity contribution in [2.75, 3.05) is 0 Å². The fraction of sp³-hybridized carbons (Fsp3) is 0. The predicted molar refractivity (Wildman–Crippen MR) is 69.4 cm³/mol.